The van der Waals surface area contributed by atoms with Gasteiger partial charge in [0.1, 0.15) is 0 Å². The van der Waals surface area contributed by atoms with E-state index in [4.69, 9.17) is 0 Å². The number of aryl methyl sites for hydroxylation is 1. The Balaban J connectivity index is 2.16. The van der Waals surface area contributed by atoms with Crippen LogP contribution in [0.2, 0.25) is 0 Å². The van der Waals surface area contributed by atoms with E-state index in [0.29, 0.717) is 12.0 Å². The maximum atomic E-state index is 11.5. The number of nitrogens with zero attached hydrogens (tertiary/aromatic N) is 1. The molecule has 1 atom stereocenters. The fraction of sp³-hybridized carbons (Fsp3) is 0.667. The third-order valence-electron chi connectivity index (χ3n) is 3.66. The molecule has 4 heteroatoms. The van der Waals surface area contributed by atoms with E-state index in [1.54, 1.807) is 0 Å². The number of fused-ring (bicyclic) bond motifs is 1. The summed E-state index contributed by atoms with van der Waals surface area (Å²) in [5.74, 6) is 0.546. The van der Waals surface area contributed by atoms with Crippen LogP contribution >= 0.6 is 0 Å². The average molecular weight is 219 g/mol. The number of hydrogen-bond acceptors (Lipinski definition) is 3. The van der Waals surface area contributed by atoms with Crippen LogP contribution in [0.4, 0.5) is 0 Å². The highest BCUT2D eigenvalue weighted by Gasteiger charge is 2.33. The smallest absolute Gasteiger partial charge is 0.313 e. The summed E-state index contributed by atoms with van der Waals surface area (Å²) >= 11 is 0. The molecular formula is C12H17N3O. The Kier molecular flexibility index (Phi) is 2.32. The van der Waals surface area contributed by atoms with Crippen molar-refractivity contribution < 1.29 is 0 Å². The molecule has 1 unspecified atom stereocenters. The summed E-state index contributed by atoms with van der Waals surface area (Å²) in [5, 5.41) is 3.34. The van der Waals surface area contributed by atoms with Crippen molar-refractivity contribution >= 4 is 0 Å². The Bertz CT molecular complexity index is 462. The van der Waals surface area contributed by atoms with Gasteiger partial charge in [-0.15, -0.1) is 0 Å². The van der Waals surface area contributed by atoms with Gasteiger partial charge in [0.2, 0.25) is 0 Å². The van der Waals surface area contributed by atoms with Crippen LogP contribution in [0.1, 0.15) is 54.6 Å². The highest BCUT2D eigenvalue weighted by atomic mass is 16.1. The zero-order valence-corrected chi connectivity index (χ0v) is 9.55. The Morgan fingerprint density at radius 3 is 2.88 bits per heavy atom. The third kappa shape index (κ3) is 1.57. The van der Waals surface area contributed by atoms with Gasteiger partial charge in [-0.2, -0.15) is 4.98 Å². The van der Waals surface area contributed by atoms with Crippen LogP contribution in [-0.4, -0.2) is 17.0 Å². The summed E-state index contributed by atoms with van der Waals surface area (Å²) in [6.45, 7) is 0. The van der Waals surface area contributed by atoms with E-state index in [1.165, 1.54) is 18.4 Å². The summed E-state index contributed by atoms with van der Waals surface area (Å²) < 4.78 is 0. The van der Waals surface area contributed by atoms with Crippen LogP contribution in [0, 0.1) is 0 Å². The molecule has 2 aliphatic carbocycles. The van der Waals surface area contributed by atoms with Crippen LogP contribution in [0.5, 0.6) is 0 Å². The van der Waals surface area contributed by atoms with E-state index in [2.05, 4.69) is 15.3 Å². The molecule has 1 aromatic rings. The molecule has 0 aliphatic heterocycles. The summed E-state index contributed by atoms with van der Waals surface area (Å²) in [6, 6.07) is 0.378. The molecule has 16 heavy (non-hydrogen) atoms. The minimum absolute atomic E-state index is 0.169. The number of aromatic nitrogens is 2. The molecule has 0 saturated heterocycles. The van der Waals surface area contributed by atoms with Gasteiger partial charge in [0.25, 0.3) is 0 Å². The van der Waals surface area contributed by atoms with Gasteiger partial charge >= 0.3 is 5.69 Å². The molecule has 0 amide bonds. The van der Waals surface area contributed by atoms with Gasteiger partial charge in [-0.3, -0.25) is 0 Å². The van der Waals surface area contributed by atoms with Gasteiger partial charge < -0.3 is 10.3 Å². The normalized spacial score (nSPS) is 24.2. The molecule has 86 valence electrons. The van der Waals surface area contributed by atoms with E-state index in [9.17, 15) is 4.79 Å². The second kappa shape index (κ2) is 3.70. The first-order valence-corrected chi connectivity index (χ1v) is 6.10. The Labute approximate surface area is 94.5 Å². The third-order valence-corrected chi connectivity index (χ3v) is 3.66. The quantitative estimate of drug-likeness (QED) is 0.787. The van der Waals surface area contributed by atoms with Crippen LogP contribution in [0.3, 0.4) is 0 Å². The van der Waals surface area contributed by atoms with E-state index < -0.39 is 0 Å². The molecule has 2 N–H and O–H groups in total. The zero-order valence-electron chi connectivity index (χ0n) is 9.55. The maximum absolute atomic E-state index is 11.5. The number of hydrogen-bond donors (Lipinski definition) is 2. The van der Waals surface area contributed by atoms with Crippen LogP contribution < -0.4 is 11.0 Å². The van der Waals surface area contributed by atoms with E-state index >= 15 is 0 Å². The summed E-state index contributed by atoms with van der Waals surface area (Å²) in [5.41, 5.74) is 3.30. The monoisotopic (exact) mass is 219 g/mol. The second-order valence-electron chi connectivity index (χ2n) is 4.83. The van der Waals surface area contributed by atoms with Gasteiger partial charge in [0.05, 0.1) is 5.69 Å². The molecule has 3 rings (SSSR count). The average Bonchev–Trinajstić information content (AvgIpc) is 3.10. The van der Waals surface area contributed by atoms with Gasteiger partial charge in [-0.1, -0.05) is 0 Å². The van der Waals surface area contributed by atoms with Gasteiger partial charge in [0, 0.05) is 23.2 Å². The van der Waals surface area contributed by atoms with Gasteiger partial charge in [0.15, 0.2) is 0 Å². The molecule has 4 nitrogen and oxygen atoms in total. The molecule has 0 bridgehead atoms. The molecule has 0 spiro atoms. The fourth-order valence-electron chi connectivity index (χ4n) is 2.72. The molecule has 1 aromatic heterocycles. The first kappa shape index (κ1) is 10.0. The fourth-order valence-corrected chi connectivity index (χ4v) is 2.72. The number of rotatable bonds is 2. The van der Waals surface area contributed by atoms with E-state index in [1.807, 2.05) is 7.05 Å². The minimum atomic E-state index is -0.169. The van der Waals surface area contributed by atoms with E-state index in [-0.39, 0.29) is 5.69 Å². The standard InChI is InChI=1S/C12H17N3O/c1-13-8-3-2-4-9-10(8)11(7-5-6-7)15-12(16)14-9/h7-8,13H,2-6H2,1H3,(H,14,15,16). The first-order chi connectivity index (χ1) is 7.79. The van der Waals surface area contributed by atoms with Crippen LogP contribution in [0.15, 0.2) is 4.79 Å². The Hall–Kier alpha value is -1.16. The van der Waals surface area contributed by atoms with Crippen molar-refractivity contribution in [2.45, 2.75) is 44.1 Å². The highest BCUT2D eigenvalue weighted by Crippen LogP contribution is 2.43. The van der Waals surface area contributed by atoms with Crippen molar-refractivity contribution in [1.82, 2.24) is 15.3 Å². The van der Waals surface area contributed by atoms with Crippen molar-refractivity contribution in [2.24, 2.45) is 0 Å². The number of nitrogens with one attached hydrogen (secondary N) is 2. The lowest BCUT2D eigenvalue weighted by atomic mass is 9.89. The predicted molar refractivity (Wildman–Crippen MR) is 61.6 cm³/mol. The summed E-state index contributed by atoms with van der Waals surface area (Å²) in [7, 11) is 1.99. The lowest BCUT2D eigenvalue weighted by Crippen LogP contribution is -2.28. The largest absolute Gasteiger partial charge is 0.345 e. The van der Waals surface area contributed by atoms with Gasteiger partial charge in [-0.05, 0) is 39.2 Å². The molecular weight excluding hydrogens is 202 g/mol. The summed E-state index contributed by atoms with van der Waals surface area (Å²) in [4.78, 5) is 18.6. The molecule has 0 aromatic carbocycles. The lowest BCUT2D eigenvalue weighted by molar-refractivity contribution is 0.480. The Morgan fingerprint density at radius 2 is 2.19 bits per heavy atom. The van der Waals surface area contributed by atoms with Crippen molar-refractivity contribution in [3.8, 4) is 0 Å². The highest BCUT2D eigenvalue weighted by molar-refractivity contribution is 5.34. The Morgan fingerprint density at radius 1 is 1.38 bits per heavy atom. The first-order valence-electron chi connectivity index (χ1n) is 6.10. The van der Waals surface area contributed by atoms with Crippen molar-refractivity contribution in [1.29, 1.82) is 0 Å². The SMILES string of the molecule is CNC1CCCc2[nH]c(=O)nc(C3CC3)c21. The number of aromatic amines is 1. The predicted octanol–water partition coefficient (Wildman–Crippen LogP) is 1.24. The van der Waals surface area contributed by atoms with Crippen LogP contribution in [-0.2, 0) is 6.42 Å². The van der Waals surface area contributed by atoms with Crippen molar-refractivity contribution in [2.75, 3.05) is 7.05 Å². The van der Waals surface area contributed by atoms with Crippen molar-refractivity contribution in [3.63, 3.8) is 0 Å². The minimum Gasteiger partial charge on any atom is -0.313 e. The molecule has 2 aliphatic rings. The lowest BCUT2D eigenvalue weighted by Gasteiger charge is -2.26. The van der Waals surface area contributed by atoms with E-state index in [0.717, 1.165) is 30.7 Å². The maximum Gasteiger partial charge on any atom is 0.345 e. The van der Waals surface area contributed by atoms with Crippen LogP contribution in [0.25, 0.3) is 0 Å². The van der Waals surface area contributed by atoms with Gasteiger partial charge in [-0.25, -0.2) is 4.79 Å². The molecule has 1 heterocycles. The second-order valence-corrected chi connectivity index (χ2v) is 4.83. The van der Waals surface area contributed by atoms with Crippen molar-refractivity contribution in [3.05, 3.63) is 27.4 Å². The molecule has 1 saturated carbocycles. The number of H-pyrrole nitrogens is 1. The topological polar surface area (TPSA) is 57.8 Å². The zero-order chi connectivity index (χ0) is 11.1. The summed E-state index contributed by atoms with van der Waals surface area (Å²) in [6.07, 6.45) is 5.67. The molecule has 1 fully saturated rings. The molecule has 0 radical (unpaired) electrons.